The van der Waals surface area contributed by atoms with Gasteiger partial charge < -0.3 is 9.47 Å². The number of rotatable bonds is 5. The number of sulfonamides is 1. The SMILES string of the molecule is Cc1nc(-c2cc(S(=O)(=O)Nc3cccc(C#N)c3)c(C)n2C)sc1C(=O)N1CCCCCC1. The molecule has 1 fully saturated rings. The normalized spacial score (nSPS) is 14.5. The Hall–Kier alpha value is -3.16. The Morgan fingerprint density at radius 2 is 1.85 bits per heavy atom. The fraction of sp³-hybridized carbons (Fsp3) is 0.375. The molecule has 0 unspecified atom stereocenters. The van der Waals surface area contributed by atoms with E-state index in [0.717, 1.165) is 38.8 Å². The van der Waals surface area contributed by atoms with Crippen LogP contribution in [0.3, 0.4) is 0 Å². The molecule has 0 spiro atoms. The van der Waals surface area contributed by atoms with Gasteiger partial charge in [-0.2, -0.15) is 5.26 Å². The zero-order valence-corrected chi connectivity index (χ0v) is 21.1. The number of amides is 1. The minimum absolute atomic E-state index is 0.000896. The lowest BCUT2D eigenvalue weighted by Crippen LogP contribution is -2.31. The number of aryl methyl sites for hydroxylation is 1. The number of nitriles is 1. The maximum atomic E-state index is 13.2. The monoisotopic (exact) mass is 497 g/mol. The van der Waals surface area contributed by atoms with Gasteiger partial charge >= 0.3 is 0 Å². The number of likely N-dealkylation sites (tertiary alicyclic amines) is 1. The first kappa shape index (κ1) is 24.0. The summed E-state index contributed by atoms with van der Waals surface area (Å²) in [7, 11) is -2.11. The molecule has 8 nitrogen and oxygen atoms in total. The first-order chi connectivity index (χ1) is 16.2. The number of thiazole rings is 1. The summed E-state index contributed by atoms with van der Waals surface area (Å²) in [5.74, 6) is 0.000896. The Bertz CT molecular complexity index is 1370. The van der Waals surface area contributed by atoms with Crippen molar-refractivity contribution in [2.45, 2.75) is 44.4 Å². The average molecular weight is 498 g/mol. The van der Waals surface area contributed by atoms with Crippen LogP contribution < -0.4 is 4.72 Å². The summed E-state index contributed by atoms with van der Waals surface area (Å²) in [5.41, 5.74) is 2.52. The van der Waals surface area contributed by atoms with E-state index in [4.69, 9.17) is 5.26 Å². The lowest BCUT2D eigenvalue weighted by molar-refractivity contribution is 0.0765. The van der Waals surface area contributed by atoms with E-state index < -0.39 is 10.0 Å². The first-order valence-corrected chi connectivity index (χ1v) is 13.5. The standard InChI is InChI=1S/C24H27N5O3S2/c1-16-22(24(30)29-11-6-4-5-7-12-29)33-23(26-16)20-14-21(17(2)28(20)3)34(31,32)27-19-10-8-9-18(13-19)15-25/h8-10,13-14,27H,4-7,11-12H2,1-3H3. The molecule has 178 valence electrons. The van der Waals surface area contributed by atoms with E-state index in [9.17, 15) is 13.2 Å². The molecule has 3 aromatic rings. The van der Waals surface area contributed by atoms with E-state index in [1.807, 2.05) is 17.9 Å². The van der Waals surface area contributed by atoms with Crippen LogP contribution in [0.5, 0.6) is 0 Å². The minimum atomic E-state index is -3.90. The average Bonchev–Trinajstić information content (AvgIpc) is 3.19. The van der Waals surface area contributed by atoms with Gasteiger partial charge in [-0.15, -0.1) is 11.3 Å². The molecule has 3 heterocycles. The van der Waals surface area contributed by atoms with E-state index in [2.05, 4.69) is 9.71 Å². The van der Waals surface area contributed by atoms with Crippen LogP contribution in [-0.4, -0.2) is 41.9 Å². The van der Waals surface area contributed by atoms with Gasteiger partial charge in [-0.05, 0) is 51.0 Å². The number of aromatic nitrogens is 2. The molecule has 2 aromatic heterocycles. The summed E-state index contributed by atoms with van der Waals surface area (Å²) in [6.45, 7) is 5.07. The van der Waals surface area contributed by atoms with Crippen LogP contribution >= 0.6 is 11.3 Å². The topological polar surface area (TPSA) is 108 Å². The van der Waals surface area contributed by atoms with Crippen molar-refractivity contribution in [2.24, 2.45) is 7.05 Å². The van der Waals surface area contributed by atoms with Crippen molar-refractivity contribution in [1.29, 1.82) is 5.26 Å². The predicted octanol–water partition coefficient (Wildman–Crippen LogP) is 4.45. The fourth-order valence-corrected chi connectivity index (χ4v) is 6.56. The minimum Gasteiger partial charge on any atom is -0.345 e. The van der Waals surface area contributed by atoms with Crippen molar-refractivity contribution in [3.05, 3.63) is 52.2 Å². The number of hydrogen-bond acceptors (Lipinski definition) is 6. The zero-order valence-electron chi connectivity index (χ0n) is 19.5. The Morgan fingerprint density at radius 3 is 2.53 bits per heavy atom. The molecule has 1 aliphatic heterocycles. The molecule has 10 heteroatoms. The van der Waals surface area contributed by atoms with Gasteiger partial charge in [0.05, 0.1) is 28.7 Å². The van der Waals surface area contributed by atoms with Gasteiger partial charge in [0.1, 0.15) is 14.8 Å². The summed E-state index contributed by atoms with van der Waals surface area (Å²) >= 11 is 1.30. The Balaban J connectivity index is 1.65. The molecule has 0 radical (unpaired) electrons. The third-order valence-electron chi connectivity index (χ3n) is 6.13. The number of nitrogens with zero attached hydrogens (tertiary/aromatic N) is 4. The first-order valence-electron chi connectivity index (χ1n) is 11.2. The molecule has 1 saturated heterocycles. The number of carbonyl (C=O) groups excluding carboxylic acids is 1. The van der Waals surface area contributed by atoms with Gasteiger partial charge in [-0.1, -0.05) is 18.9 Å². The summed E-state index contributed by atoms with van der Waals surface area (Å²) in [5, 5.41) is 9.69. The molecule has 0 aliphatic carbocycles. The number of anilines is 1. The highest BCUT2D eigenvalue weighted by molar-refractivity contribution is 7.92. The van der Waals surface area contributed by atoms with Gasteiger partial charge in [0.2, 0.25) is 0 Å². The maximum absolute atomic E-state index is 13.2. The van der Waals surface area contributed by atoms with Gasteiger partial charge in [0, 0.05) is 25.8 Å². The van der Waals surface area contributed by atoms with Gasteiger partial charge in [0.25, 0.3) is 15.9 Å². The molecule has 1 aromatic carbocycles. The number of nitrogens with one attached hydrogen (secondary N) is 1. The quantitative estimate of drug-likeness (QED) is 0.560. The third-order valence-corrected chi connectivity index (χ3v) is 8.79. The highest BCUT2D eigenvalue weighted by Gasteiger charge is 2.27. The zero-order chi connectivity index (χ0) is 24.5. The van der Waals surface area contributed by atoms with Crippen molar-refractivity contribution in [3.8, 4) is 16.8 Å². The number of hydrogen-bond donors (Lipinski definition) is 1. The fourth-order valence-electron chi connectivity index (χ4n) is 4.13. The van der Waals surface area contributed by atoms with Crippen LogP contribution in [0.2, 0.25) is 0 Å². The number of carbonyl (C=O) groups is 1. The largest absolute Gasteiger partial charge is 0.345 e. The molecule has 1 amide bonds. The Morgan fingerprint density at radius 1 is 1.15 bits per heavy atom. The summed E-state index contributed by atoms with van der Waals surface area (Å²) < 4.78 is 30.6. The van der Waals surface area contributed by atoms with Crippen molar-refractivity contribution in [1.82, 2.24) is 14.5 Å². The Labute approximate surface area is 203 Å². The summed E-state index contributed by atoms with van der Waals surface area (Å²) in [6.07, 6.45) is 4.31. The van der Waals surface area contributed by atoms with E-state index in [1.165, 1.54) is 17.4 Å². The molecule has 0 atom stereocenters. The van der Waals surface area contributed by atoms with Crippen molar-refractivity contribution in [3.63, 3.8) is 0 Å². The molecule has 0 bridgehead atoms. The van der Waals surface area contributed by atoms with Crippen LogP contribution in [0.25, 0.3) is 10.7 Å². The second kappa shape index (κ2) is 9.60. The lowest BCUT2D eigenvalue weighted by atomic mass is 10.2. The molecule has 34 heavy (non-hydrogen) atoms. The molecule has 0 saturated carbocycles. The summed E-state index contributed by atoms with van der Waals surface area (Å²) in [4.78, 5) is 20.4. The van der Waals surface area contributed by atoms with Gasteiger partial charge in [0.15, 0.2) is 0 Å². The van der Waals surface area contributed by atoms with E-state index in [0.29, 0.717) is 38.2 Å². The van der Waals surface area contributed by atoms with Gasteiger partial charge in [-0.25, -0.2) is 13.4 Å². The molecular weight excluding hydrogens is 470 g/mol. The highest BCUT2D eigenvalue weighted by Crippen LogP contribution is 2.33. The second-order valence-electron chi connectivity index (χ2n) is 8.48. The van der Waals surface area contributed by atoms with Crippen LogP contribution in [0.1, 0.15) is 52.3 Å². The van der Waals surface area contributed by atoms with Crippen molar-refractivity contribution in [2.75, 3.05) is 17.8 Å². The van der Waals surface area contributed by atoms with E-state index >= 15 is 0 Å². The predicted molar refractivity (Wildman–Crippen MR) is 132 cm³/mol. The second-order valence-corrected chi connectivity index (χ2v) is 11.1. The van der Waals surface area contributed by atoms with Gasteiger partial charge in [-0.3, -0.25) is 9.52 Å². The lowest BCUT2D eigenvalue weighted by Gasteiger charge is -2.19. The Kier molecular flexibility index (Phi) is 6.77. The third kappa shape index (κ3) is 4.72. The van der Waals surface area contributed by atoms with Crippen molar-refractivity contribution >= 4 is 33.0 Å². The molecule has 4 rings (SSSR count). The smallest absolute Gasteiger partial charge is 0.265 e. The maximum Gasteiger partial charge on any atom is 0.265 e. The summed E-state index contributed by atoms with van der Waals surface area (Å²) in [6, 6.07) is 9.92. The van der Waals surface area contributed by atoms with E-state index in [-0.39, 0.29) is 10.8 Å². The van der Waals surface area contributed by atoms with Crippen molar-refractivity contribution < 1.29 is 13.2 Å². The highest BCUT2D eigenvalue weighted by atomic mass is 32.2. The van der Waals surface area contributed by atoms with E-state index in [1.54, 1.807) is 42.8 Å². The number of benzene rings is 1. The molecule has 1 aliphatic rings. The molecule has 1 N–H and O–H groups in total. The molecular formula is C24H27N5O3S2. The van der Waals surface area contributed by atoms with Crippen LogP contribution in [0, 0.1) is 25.2 Å². The van der Waals surface area contributed by atoms with Crippen LogP contribution in [0.15, 0.2) is 35.2 Å². The van der Waals surface area contributed by atoms with Crippen LogP contribution in [0.4, 0.5) is 5.69 Å². The van der Waals surface area contributed by atoms with Crippen LogP contribution in [-0.2, 0) is 17.1 Å².